The van der Waals surface area contributed by atoms with Crippen LogP contribution in [0.4, 0.5) is 18.9 Å². The number of alkyl halides is 3. The van der Waals surface area contributed by atoms with E-state index in [2.05, 4.69) is 10.6 Å². The average Bonchev–Trinajstić information content (AvgIpc) is 2.76. The van der Waals surface area contributed by atoms with Crippen LogP contribution in [0.5, 0.6) is 0 Å². The standard InChI is InChI=1S/C23H22F3N3O4/c1-13-5-3-4-6-18(13)28-22(33)17-10-29(11-20(31)27-14(2)12-30)19-9-15(23(24,25)26)7-8-16(19)21(17)32/h3-10,14,30H,11-12H2,1-2H3,(H,27,31)(H,28,33). The van der Waals surface area contributed by atoms with Crippen molar-refractivity contribution in [1.82, 2.24) is 9.88 Å². The van der Waals surface area contributed by atoms with Crippen LogP contribution in [0.25, 0.3) is 10.9 Å². The summed E-state index contributed by atoms with van der Waals surface area (Å²) in [5.74, 6) is -1.36. The molecule has 0 bridgehead atoms. The van der Waals surface area contributed by atoms with Gasteiger partial charge >= 0.3 is 6.18 Å². The Bertz CT molecular complexity index is 1270. The maximum absolute atomic E-state index is 13.3. The number of amides is 2. The lowest BCUT2D eigenvalue weighted by atomic mass is 10.1. The van der Waals surface area contributed by atoms with Crippen molar-refractivity contribution >= 4 is 28.4 Å². The number of aliphatic hydroxyl groups is 1. The minimum atomic E-state index is -4.66. The molecular formula is C23H22F3N3O4. The number of hydrogen-bond acceptors (Lipinski definition) is 4. The molecule has 174 valence electrons. The molecule has 1 atom stereocenters. The second-order valence-corrected chi connectivity index (χ2v) is 7.65. The third-order valence-corrected chi connectivity index (χ3v) is 5.04. The zero-order valence-corrected chi connectivity index (χ0v) is 17.9. The fourth-order valence-electron chi connectivity index (χ4n) is 3.28. The molecule has 1 aromatic heterocycles. The fourth-order valence-corrected chi connectivity index (χ4v) is 3.28. The van der Waals surface area contributed by atoms with Crippen LogP contribution in [0.3, 0.4) is 0 Å². The molecule has 10 heteroatoms. The number of aromatic nitrogens is 1. The van der Waals surface area contributed by atoms with E-state index >= 15 is 0 Å². The predicted molar refractivity (Wildman–Crippen MR) is 117 cm³/mol. The van der Waals surface area contributed by atoms with Crippen molar-refractivity contribution in [3.05, 3.63) is 75.6 Å². The number of hydrogen-bond donors (Lipinski definition) is 3. The van der Waals surface area contributed by atoms with Gasteiger partial charge in [-0.15, -0.1) is 0 Å². The van der Waals surface area contributed by atoms with Gasteiger partial charge < -0.3 is 20.3 Å². The summed E-state index contributed by atoms with van der Waals surface area (Å²) >= 11 is 0. The molecule has 2 amide bonds. The number of rotatable bonds is 6. The first-order chi connectivity index (χ1) is 15.5. The minimum Gasteiger partial charge on any atom is -0.394 e. The lowest BCUT2D eigenvalue weighted by Crippen LogP contribution is -2.37. The van der Waals surface area contributed by atoms with Crippen LogP contribution in [0.15, 0.2) is 53.5 Å². The summed E-state index contributed by atoms with van der Waals surface area (Å²) in [4.78, 5) is 38.2. The summed E-state index contributed by atoms with van der Waals surface area (Å²) < 4.78 is 40.9. The summed E-state index contributed by atoms with van der Waals surface area (Å²) in [6.07, 6.45) is -3.59. The molecule has 0 spiro atoms. The fraction of sp³-hybridized carbons (Fsp3) is 0.261. The average molecular weight is 461 g/mol. The van der Waals surface area contributed by atoms with Gasteiger partial charge in [0.15, 0.2) is 0 Å². The van der Waals surface area contributed by atoms with Gasteiger partial charge in [-0.3, -0.25) is 14.4 Å². The third-order valence-electron chi connectivity index (χ3n) is 5.04. The molecular weight excluding hydrogens is 439 g/mol. The van der Waals surface area contributed by atoms with Crippen LogP contribution >= 0.6 is 0 Å². The number of halogens is 3. The Morgan fingerprint density at radius 2 is 1.85 bits per heavy atom. The molecule has 0 aliphatic rings. The summed E-state index contributed by atoms with van der Waals surface area (Å²) in [6, 6.07) is 8.82. The van der Waals surface area contributed by atoms with Crippen LogP contribution in [0.2, 0.25) is 0 Å². The van der Waals surface area contributed by atoms with Gasteiger partial charge in [-0.05, 0) is 43.7 Å². The van der Waals surface area contributed by atoms with Crippen LogP contribution in [0, 0.1) is 6.92 Å². The highest BCUT2D eigenvalue weighted by atomic mass is 19.4. The molecule has 1 heterocycles. The Morgan fingerprint density at radius 1 is 1.15 bits per heavy atom. The Kier molecular flexibility index (Phi) is 6.87. The van der Waals surface area contributed by atoms with Crippen LogP contribution < -0.4 is 16.1 Å². The van der Waals surface area contributed by atoms with E-state index < -0.39 is 41.6 Å². The highest BCUT2D eigenvalue weighted by Gasteiger charge is 2.31. The van der Waals surface area contributed by atoms with Gasteiger partial charge in [0, 0.05) is 23.3 Å². The van der Waals surface area contributed by atoms with Crippen molar-refractivity contribution in [3.63, 3.8) is 0 Å². The van der Waals surface area contributed by atoms with E-state index in [9.17, 15) is 27.6 Å². The third kappa shape index (κ3) is 5.40. The molecule has 3 aromatic rings. The second kappa shape index (κ2) is 9.45. The zero-order chi connectivity index (χ0) is 24.3. The van der Waals surface area contributed by atoms with Crippen molar-refractivity contribution in [2.45, 2.75) is 32.6 Å². The van der Waals surface area contributed by atoms with E-state index in [1.807, 2.05) is 0 Å². The molecule has 3 N–H and O–H groups in total. The van der Waals surface area contributed by atoms with Crippen molar-refractivity contribution in [2.75, 3.05) is 11.9 Å². The Balaban J connectivity index is 2.12. The number of pyridine rings is 1. The summed E-state index contributed by atoms with van der Waals surface area (Å²) in [6.45, 7) is 2.51. The number of anilines is 1. The quantitative estimate of drug-likeness (QED) is 0.525. The number of carbonyl (C=O) groups is 2. The molecule has 0 radical (unpaired) electrons. The summed E-state index contributed by atoms with van der Waals surface area (Å²) in [5, 5.41) is 14.1. The van der Waals surface area contributed by atoms with Crippen LogP contribution in [0.1, 0.15) is 28.4 Å². The molecule has 7 nitrogen and oxygen atoms in total. The molecule has 0 aliphatic heterocycles. The maximum Gasteiger partial charge on any atom is 0.416 e. The second-order valence-electron chi connectivity index (χ2n) is 7.65. The number of benzene rings is 2. The monoisotopic (exact) mass is 461 g/mol. The lowest BCUT2D eigenvalue weighted by Gasteiger charge is -2.17. The zero-order valence-electron chi connectivity index (χ0n) is 17.9. The molecule has 0 saturated heterocycles. The van der Waals surface area contributed by atoms with Gasteiger partial charge in [-0.2, -0.15) is 13.2 Å². The molecule has 0 aliphatic carbocycles. The number of aryl methyl sites for hydroxylation is 1. The summed E-state index contributed by atoms with van der Waals surface area (Å²) in [7, 11) is 0. The Morgan fingerprint density at radius 3 is 2.48 bits per heavy atom. The van der Waals surface area contributed by atoms with Crippen molar-refractivity contribution in [2.24, 2.45) is 0 Å². The highest BCUT2D eigenvalue weighted by molar-refractivity contribution is 6.06. The molecule has 3 rings (SSSR count). The minimum absolute atomic E-state index is 0.136. The lowest BCUT2D eigenvalue weighted by molar-refractivity contribution is -0.137. The first-order valence-electron chi connectivity index (χ1n) is 10.0. The normalized spacial score (nSPS) is 12.4. The van der Waals surface area contributed by atoms with Crippen LogP contribution in [-0.2, 0) is 17.5 Å². The van der Waals surface area contributed by atoms with E-state index in [1.165, 1.54) is 0 Å². The number of nitrogens with one attached hydrogen (secondary N) is 2. The topological polar surface area (TPSA) is 100 Å². The van der Waals surface area contributed by atoms with E-state index in [4.69, 9.17) is 5.11 Å². The number of fused-ring (bicyclic) bond motifs is 1. The highest BCUT2D eigenvalue weighted by Crippen LogP contribution is 2.31. The van der Waals surface area contributed by atoms with Gasteiger partial charge in [0.2, 0.25) is 11.3 Å². The number of carbonyl (C=O) groups excluding carboxylic acids is 2. The first-order valence-corrected chi connectivity index (χ1v) is 10.0. The van der Waals surface area contributed by atoms with Crippen molar-refractivity contribution in [1.29, 1.82) is 0 Å². The smallest absolute Gasteiger partial charge is 0.394 e. The maximum atomic E-state index is 13.3. The summed E-state index contributed by atoms with van der Waals surface area (Å²) in [5.41, 5.74) is -1.01. The van der Waals surface area contributed by atoms with Gasteiger partial charge in [0.25, 0.3) is 5.91 Å². The van der Waals surface area contributed by atoms with Gasteiger partial charge in [0.05, 0.1) is 17.7 Å². The SMILES string of the molecule is Cc1ccccc1NC(=O)c1cn(CC(=O)NC(C)CO)c2cc(C(F)(F)F)ccc2c1=O. The molecule has 1 unspecified atom stereocenters. The Labute approximate surface area is 186 Å². The molecule has 0 fully saturated rings. The molecule has 33 heavy (non-hydrogen) atoms. The van der Waals surface area contributed by atoms with E-state index in [1.54, 1.807) is 38.1 Å². The Hall–Kier alpha value is -3.66. The number of aliphatic hydroxyl groups excluding tert-OH is 1. The van der Waals surface area contributed by atoms with Gasteiger partial charge in [-0.1, -0.05) is 18.2 Å². The molecule has 2 aromatic carbocycles. The van der Waals surface area contributed by atoms with E-state index in [0.717, 1.165) is 34.5 Å². The van der Waals surface area contributed by atoms with Crippen molar-refractivity contribution in [3.8, 4) is 0 Å². The molecule has 0 saturated carbocycles. The van der Waals surface area contributed by atoms with Gasteiger partial charge in [0.1, 0.15) is 12.1 Å². The predicted octanol–water partition coefficient (Wildman–Crippen LogP) is 3.08. The van der Waals surface area contributed by atoms with Crippen molar-refractivity contribution < 1.29 is 27.9 Å². The van der Waals surface area contributed by atoms with Gasteiger partial charge in [-0.25, -0.2) is 0 Å². The largest absolute Gasteiger partial charge is 0.416 e. The number of nitrogens with zero attached hydrogens (tertiary/aromatic N) is 1. The van der Waals surface area contributed by atoms with E-state index in [-0.39, 0.29) is 23.1 Å². The number of para-hydroxylation sites is 1. The van der Waals surface area contributed by atoms with E-state index in [0.29, 0.717) is 5.69 Å². The first kappa shape index (κ1) is 24.0. The van der Waals surface area contributed by atoms with Crippen LogP contribution in [-0.4, -0.2) is 34.1 Å².